The largest absolute Gasteiger partial charge is 0.354 e. The van der Waals surface area contributed by atoms with Gasteiger partial charge in [-0.15, -0.1) is 0 Å². The predicted octanol–water partition coefficient (Wildman–Crippen LogP) is 2.90. The molecule has 1 aromatic carbocycles. The summed E-state index contributed by atoms with van der Waals surface area (Å²) >= 11 is 11.9. The summed E-state index contributed by atoms with van der Waals surface area (Å²) in [6.07, 6.45) is 0.607. The minimum Gasteiger partial charge on any atom is -0.354 e. The first-order chi connectivity index (χ1) is 8.93. The molecule has 0 heterocycles. The minimum absolute atomic E-state index is 0.0353. The van der Waals surface area contributed by atoms with Crippen LogP contribution < -0.4 is 10.6 Å². The van der Waals surface area contributed by atoms with Crippen LogP contribution in [0.15, 0.2) is 18.2 Å². The average molecular weight is 303 g/mol. The highest BCUT2D eigenvalue weighted by molar-refractivity contribution is 6.35. The lowest BCUT2D eigenvalue weighted by Crippen LogP contribution is -2.39. The summed E-state index contributed by atoms with van der Waals surface area (Å²) in [5.41, 5.74) is 0.940. The molecule has 19 heavy (non-hydrogen) atoms. The molecule has 0 radical (unpaired) electrons. The molecule has 0 fully saturated rings. The van der Waals surface area contributed by atoms with Crippen molar-refractivity contribution in [3.8, 4) is 0 Å². The number of likely N-dealkylation sites (N-methyl/N-ethyl adjacent to an activating group) is 1. The Morgan fingerprint density at radius 2 is 2.00 bits per heavy atom. The Morgan fingerprint density at radius 3 is 2.58 bits per heavy atom. The number of hydrogen-bond acceptors (Lipinski definition) is 2. The van der Waals surface area contributed by atoms with Crippen LogP contribution in [-0.4, -0.2) is 25.5 Å². The van der Waals surface area contributed by atoms with Crippen LogP contribution in [0.5, 0.6) is 0 Å². The Balaban J connectivity index is 2.54. The van der Waals surface area contributed by atoms with Crippen molar-refractivity contribution in [3.63, 3.8) is 0 Å². The molecule has 2 atom stereocenters. The van der Waals surface area contributed by atoms with Gasteiger partial charge >= 0.3 is 0 Å². The predicted molar refractivity (Wildman–Crippen MR) is 80.9 cm³/mol. The van der Waals surface area contributed by atoms with Crippen molar-refractivity contribution in [1.29, 1.82) is 0 Å². The quantitative estimate of drug-likeness (QED) is 0.848. The third kappa shape index (κ3) is 5.39. The third-order valence-corrected chi connectivity index (χ3v) is 3.65. The van der Waals surface area contributed by atoms with Crippen LogP contribution >= 0.6 is 23.2 Å². The van der Waals surface area contributed by atoms with E-state index < -0.39 is 0 Å². The molecule has 0 bridgehead atoms. The number of benzene rings is 1. The number of rotatable bonds is 6. The van der Waals surface area contributed by atoms with E-state index in [1.54, 1.807) is 12.1 Å². The van der Waals surface area contributed by atoms with Crippen molar-refractivity contribution < 1.29 is 4.79 Å². The summed E-state index contributed by atoms with van der Waals surface area (Å²) in [6, 6.07) is 5.61. The second-order valence-electron chi connectivity index (χ2n) is 4.78. The zero-order valence-electron chi connectivity index (χ0n) is 11.5. The van der Waals surface area contributed by atoms with Crippen molar-refractivity contribution in [1.82, 2.24) is 10.6 Å². The van der Waals surface area contributed by atoms with Crippen LogP contribution in [0.25, 0.3) is 0 Å². The topological polar surface area (TPSA) is 41.1 Å². The summed E-state index contributed by atoms with van der Waals surface area (Å²) in [6.45, 7) is 4.53. The molecule has 0 aliphatic carbocycles. The fourth-order valence-electron chi connectivity index (χ4n) is 1.64. The highest BCUT2D eigenvalue weighted by atomic mass is 35.5. The van der Waals surface area contributed by atoms with Crippen LogP contribution in [0.1, 0.15) is 19.4 Å². The van der Waals surface area contributed by atoms with Crippen molar-refractivity contribution in [2.45, 2.75) is 26.3 Å². The van der Waals surface area contributed by atoms with E-state index in [9.17, 15) is 4.79 Å². The Morgan fingerprint density at radius 1 is 1.32 bits per heavy atom. The van der Waals surface area contributed by atoms with E-state index in [4.69, 9.17) is 23.2 Å². The molecule has 1 rings (SSSR count). The lowest BCUT2D eigenvalue weighted by atomic mass is 10.0. The van der Waals surface area contributed by atoms with Crippen LogP contribution in [0, 0.1) is 5.92 Å². The smallest absolute Gasteiger partial charge is 0.223 e. The van der Waals surface area contributed by atoms with Crippen molar-refractivity contribution in [3.05, 3.63) is 33.8 Å². The Hall–Kier alpha value is -0.770. The van der Waals surface area contributed by atoms with Gasteiger partial charge in [0.25, 0.3) is 0 Å². The van der Waals surface area contributed by atoms with Gasteiger partial charge in [0.2, 0.25) is 5.91 Å². The van der Waals surface area contributed by atoms with Gasteiger partial charge in [-0.2, -0.15) is 0 Å². The van der Waals surface area contributed by atoms with Gasteiger partial charge in [-0.1, -0.05) is 36.2 Å². The number of halogens is 2. The Kier molecular flexibility index (Phi) is 6.63. The summed E-state index contributed by atoms with van der Waals surface area (Å²) in [7, 11) is 1.87. The fourth-order valence-corrected chi connectivity index (χ4v) is 2.13. The maximum Gasteiger partial charge on any atom is 0.223 e. The standard InChI is InChI=1S/C14H20Cl2N2O/c1-9(14(19)18-8-10(2)17-3)6-11-4-5-12(15)7-13(11)16/h4-5,7,9-10,17H,6,8H2,1-3H3,(H,18,19). The number of nitrogens with one attached hydrogen (secondary N) is 2. The van der Waals surface area contributed by atoms with Crippen LogP contribution in [0.4, 0.5) is 0 Å². The molecule has 3 nitrogen and oxygen atoms in total. The van der Waals surface area contributed by atoms with E-state index in [-0.39, 0.29) is 17.9 Å². The van der Waals surface area contributed by atoms with Crippen molar-refractivity contribution >= 4 is 29.1 Å². The van der Waals surface area contributed by atoms with E-state index in [0.29, 0.717) is 23.0 Å². The fraction of sp³-hybridized carbons (Fsp3) is 0.500. The van der Waals surface area contributed by atoms with Crippen LogP contribution in [0.2, 0.25) is 10.0 Å². The van der Waals surface area contributed by atoms with Crippen LogP contribution in [0.3, 0.4) is 0 Å². The highest BCUT2D eigenvalue weighted by Gasteiger charge is 2.15. The molecule has 5 heteroatoms. The molecule has 2 unspecified atom stereocenters. The van der Waals surface area contributed by atoms with Gasteiger partial charge < -0.3 is 10.6 Å². The van der Waals surface area contributed by atoms with E-state index in [1.165, 1.54) is 0 Å². The first-order valence-electron chi connectivity index (χ1n) is 6.33. The van der Waals surface area contributed by atoms with E-state index in [2.05, 4.69) is 10.6 Å². The zero-order chi connectivity index (χ0) is 14.4. The normalized spacial score (nSPS) is 13.9. The Bertz CT molecular complexity index is 437. The summed E-state index contributed by atoms with van der Waals surface area (Å²) in [5, 5.41) is 7.20. The van der Waals surface area contributed by atoms with E-state index >= 15 is 0 Å². The van der Waals surface area contributed by atoms with Gasteiger partial charge in [0.05, 0.1) is 0 Å². The van der Waals surface area contributed by atoms with Gasteiger partial charge in [-0.05, 0) is 38.1 Å². The molecule has 2 N–H and O–H groups in total. The maximum absolute atomic E-state index is 11.9. The molecule has 0 aromatic heterocycles. The zero-order valence-corrected chi connectivity index (χ0v) is 13.0. The van der Waals surface area contributed by atoms with Gasteiger partial charge in [-0.25, -0.2) is 0 Å². The lowest BCUT2D eigenvalue weighted by Gasteiger charge is -2.16. The second kappa shape index (κ2) is 7.73. The van der Waals surface area contributed by atoms with Gasteiger partial charge in [0, 0.05) is 28.5 Å². The summed E-state index contributed by atoms with van der Waals surface area (Å²) < 4.78 is 0. The first kappa shape index (κ1) is 16.3. The maximum atomic E-state index is 11.9. The molecule has 0 saturated carbocycles. The highest BCUT2D eigenvalue weighted by Crippen LogP contribution is 2.23. The average Bonchev–Trinajstić information content (AvgIpc) is 2.38. The lowest BCUT2D eigenvalue weighted by molar-refractivity contribution is -0.124. The Labute approximate surface area is 124 Å². The van der Waals surface area contributed by atoms with Crippen LogP contribution in [-0.2, 0) is 11.2 Å². The first-order valence-corrected chi connectivity index (χ1v) is 7.08. The molecule has 0 saturated heterocycles. The van der Waals surface area contributed by atoms with Gasteiger partial charge in [0.15, 0.2) is 0 Å². The summed E-state index contributed by atoms with van der Waals surface area (Å²) in [5.74, 6) is -0.0872. The second-order valence-corrected chi connectivity index (χ2v) is 5.62. The molecular formula is C14H20Cl2N2O. The van der Waals surface area contributed by atoms with Crippen molar-refractivity contribution in [2.75, 3.05) is 13.6 Å². The molecule has 0 spiro atoms. The van der Waals surface area contributed by atoms with Crippen molar-refractivity contribution in [2.24, 2.45) is 5.92 Å². The number of carbonyl (C=O) groups is 1. The van der Waals surface area contributed by atoms with E-state index in [0.717, 1.165) is 5.56 Å². The number of hydrogen-bond donors (Lipinski definition) is 2. The number of carbonyl (C=O) groups excluding carboxylic acids is 1. The molecule has 0 aliphatic heterocycles. The number of amides is 1. The molecular weight excluding hydrogens is 283 g/mol. The monoisotopic (exact) mass is 302 g/mol. The molecule has 0 aliphatic rings. The SMILES string of the molecule is CNC(C)CNC(=O)C(C)Cc1ccc(Cl)cc1Cl. The summed E-state index contributed by atoms with van der Waals surface area (Å²) in [4.78, 5) is 11.9. The minimum atomic E-state index is -0.122. The van der Waals surface area contributed by atoms with Gasteiger partial charge in [0.1, 0.15) is 0 Å². The molecule has 1 aromatic rings. The third-order valence-electron chi connectivity index (χ3n) is 3.06. The van der Waals surface area contributed by atoms with E-state index in [1.807, 2.05) is 27.0 Å². The molecule has 1 amide bonds. The molecule has 106 valence electrons. The van der Waals surface area contributed by atoms with Gasteiger partial charge in [-0.3, -0.25) is 4.79 Å².